The molecule has 98 valence electrons. The number of carbonyl (C=O) groups excluding carboxylic acids is 1. The van der Waals surface area contributed by atoms with Crippen molar-refractivity contribution in [3.05, 3.63) is 64.7 Å². The van der Waals surface area contributed by atoms with E-state index in [2.05, 4.69) is 0 Å². The molecular formula is C14H9ClF2OS. The molecule has 0 amide bonds. The van der Waals surface area contributed by atoms with Crippen LogP contribution in [0.4, 0.5) is 8.78 Å². The van der Waals surface area contributed by atoms with Gasteiger partial charge >= 0.3 is 0 Å². The molecule has 19 heavy (non-hydrogen) atoms. The Kier molecular flexibility index (Phi) is 4.56. The number of hydrogen-bond donors (Lipinski definition) is 0. The Labute approximate surface area is 118 Å². The molecule has 2 rings (SSSR count). The zero-order valence-corrected chi connectivity index (χ0v) is 11.3. The van der Waals surface area contributed by atoms with Gasteiger partial charge in [-0.1, -0.05) is 23.7 Å². The number of ketones is 1. The van der Waals surface area contributed by atoms with Gasteiger partial charge in [0.1, 0.15) is 0 Å². The number of Topliss-reactive ketones (excluding diaryl/α,β-unsaturated/α-hetero) is 1. The maximum absolute atomic E-state index is 13.0. The van der Waals surface area contributed by atoms with E-state index in [1.54, 1.807) is 24.3 Å². The molecular weight excluding hydrogens is 290 g/mol. The van der Waals surface area contributed by atoms with E-state index in [1.807, 2.05) is 0 Å². The summed E-state index contributed by atoms with van der Waals surface area (Å²) < 4.78 is 25.7. The summed E-state index contributed by atoms with van der Waals surface area (Å²) in [4.78, 5) is 12.4. The van der Waals surface area contributed by atoms with Crippen LogP contribution in [0.15, 0.2) is 47.4 Å². The van der Waals surface area contributed by atoms with Crippen LogP contribution in [-0.4, -0.2) is 11.5 Å². The van der Waals surface area contributed by atoms with E-state index in [4.69, 9.17) is 11.6 Å². The minimum Gasteiger partial charge on any atom is -0.293 e. The van der Waals surface area contributed by atoms with Crippen molar-refractivity contribution in [3.8, 4) is 0 Å². The van der Waals surface area contributed by atoms with Crippen molar-refractivity contribution in [1.82, 2.24) is 0 Å². The molecule has 0 heterocycles. The van der Waals surface area contributed by atoms with Crippen molar-refractivity contribution in [3.63, 3.8) is 0 Å². The Bertz CT molecular complexity index is 616. The molecule has 0 spiro atoms. The molecule has 1 nitrogen and oxygen atoms in total. The molecule has 0 fully saturated rings. The molecule has 0 saturated carbocycles. The summed E-state index contributed by atoms with van der Waals surface area (Å²) in [5.74, 6) is -1.78. The van der Waals surface area contributed by atoms with Gasteiger partial charge in [0.2, 0.25) is 0 Å². The van der Waals surface area contributed by atoms with Crippen LogP contribution < -0.4 is 0 Å². The summed E-state index contributed by atoms with van der Waals surface area (Å²) in [6, 6.07) is 10.2. The second-order valence-electron chi connectivity index (χ2n) is 3.80. The Morgan fingerprint density at radius 3 is 2.58 bits per heavy atom. The lowest BCUT2D eigenvalue weighted by Gasteiger charge is -2.03. The average Bonchev–Trinajstić information content (AvgIpc) is 2.40. The number of thioether (sulfide) groups is 1. The third-order valence-electron chi connectivity index (χ3n) is 2.41. The van der Waals surface area contributed by atoms with Crippen LogP contribution in [0.1, 0.15) is 10.4 Å². The van der Waals surface area contributed by atoms with Crippen molar-refractivity contribution in [2.24, 2.45) is 0 Å². The van der Waals surface area contributed by atoms with Gasteiger partial charge in [0.25, 0.3) is 0 Å². The molecule has 0 aliphatic rings. The highest BCUT2D eigenvalue weighted by Gasteiger charge is 2.08. The quantitative estimate of drug-likeness (QED) is 0.606. The van der Waals surface area contributed by atoms with Crippen molar-refractivity contribution < 1.29 is 13.6 Å². The molecule has 0 aliphatic heterocycles. The van der Waals surface area contributed by atoms with E-state index in [0.29, 0.717) is 15.5 Å². The second-order valence-corrected chi connectivity index (χ2v) is 5.28. The lowest BCUT2D eigenvalue weighted by atomic mass is 10.1. The van der Waals surface area contributed by atoms with Gasteiger partial charge in [0.15, 0.2) is 17.4 Å². The molecule has 0 aliphatic carbocycles. The monoisotopic (exact) mass is 298 g/mol. The van der Waals surface area contributed by atoms with Crippen LogP contribution in [0.2, 0.25) is 5.02 Å². The summed E-state index contributed by atoms with van der Waals surface area (Å²) in [6.45, 7) is 0. The predicted octanol–water partition coefficient (Wildman–Crippen LogP) is 4.59. The third kappa shape index (κ3) is 3.78. The van der Waals surface area contributed by atoms with Gasteiger partial charge in [-0.15, -0.1) is 11.8 Å². The zero-order chi connectivity index (χ0) is 13.8. The maximum atomic E-state index is 13.0. The van der Waals surface area contributed by atoms with Crippen LogP contribution in [0, 0.1) is 11.6 Å². The fourth-order valence-corrected chi connectivity index (χ4v) is 2.47. The second kappa shape index (κ2) is 6.17. The van der Waals surface area contributed by atoms with E-state index in [-0.39, 0.29) is 11.5 Å². The van der Waals surface area contributed by atoms with Gasteiger partial charge in [-0.2, -0.15) is 0 Å². The fraction of sp³-hybridized carbons (Fsp3) is 0.0714. The number of rotatable bonds is 4. The van der Waals surface area contributed by atoms with Crippen LogP contribution in [-0.2, 0) is 0 Å². The van der Waals surface area contributed by atoms with Crippen molar-refractivity contribution in [1.29, 1.82) is 0 Å². The summed E-state index contributed by atoms with van der Waals surface area (Å²) in [5, 5.41) is 0.490. The van der Waals surface area contributed by atoms with Gasteiger partial charge in [-0.3, -0.25) is 4.79 Å². The first-order valence-corrected chi connectivity index (χ1v) is 6.79. The largest absolute Gasteiger partial charge is 0.293 e. The van der Waals surface area contributed by atoms with Gasteiger partial charge in [-0.05, 0) is 30.3 Å². The van der Waals surface area contributed by atoms with Gasteiger partial charge in [-0.25, -0.2) is 8.78 Å². The van der Waals surface area contributed by atoms with E-state index in [0.717, 1.165) is 23.9 Å². The number of carbonyl (C=O) groups is 1. The van der Waals surface area contributed by atoms with Crippen LogP contribution in [0.3, 0.4) is 0 Å². The van der Waals surface area contributed by atoms with Gasteiger partial charge in [0, 0.05) is 15.5 Å². The predicted molar refractivity (Wildman–Crippen MR) is 72.9 cm³/mol. The minimum atomic E-state index is -0.916. The number of hydrogen-bond acceptors (Lipinski definition) is 2. The van der Waals surface area contributed by atoms with Gasteiger partial charge < -0.3 is 0 Å². The Balaban J connectivity index is 2.02. The third-order valence-corrected chi connectivity index (χ3v) is 3.64. The highest BCUT2D eigenvalue weighted by molar-refractivity contribution is 8.00. The maximum Gasteiger partial charge on any atom is 0.173 e. The van der Waals surface area contributed by atoms with Crippen molar-refractivity contribution >= 4 is 29.1 Å². The highest BCUT2D eigenvalue weighted by atomic mass is 35.5. The fourth-order valence-electron chi connectivity index (χ4n) is 1.46. The standard InChI is InChI=1S/C14H9ClF2OS/c15-10-3-1-2-9(6-10)14(18)8-19-11-4-5-12(16)13(17)7-11/h1-7H,8H2. The molecule has 5 heteroatoms. The Morgan fingerprint density at radius 1 is 1.11 bits per heavy atom. The van der Waals surface area contributed by atoms with E-state index < -0.39 is 11.6 Å². The topological polar surface area (TPSA) is 17.1 Å². The van der Waals surface area contributed by atoms with Gasteiger partial charge in [0.05, 0.1) is 5.75 Å². The van der Waals surface area contributed by atoms with Crippen LogP contribution in [0.25, 0.3) is 0 Å². The molecule has 2 aromatic carbocycles. The molecule has 0 unspecified atom stereocenters. The molecule has 0 aromatic heterocycles. The summed E-state index contributed by atoms with van der Waals surface area (Å²) in [7, 11) is 0. The summed E-state index contributed by atoms with van der Waals surface area (Å²) >= 11 is 6.95. The highest BCUT2D eigenvalue weighted by Crippen LogP contribution is 2.22. The van der Waals surface area contributed by atoms with E-state index >= 15 is 0 Å². The van der Waals surface area contributed by atoms with Crippen LogP contribution in [0.5, 0.6) is 0 Å². The van der Waals surface area contributed by atoms with Crippen molar-refractivity contribution in [2.75, 3.05) is 5.75 Å². The summed E-state index contributed by atoms with van der Waals surface area (Å²) in [6.07, 6.45) is 0. The number of halogens is 3. The summed E-state index contributed by atoms with van der Waals surface area (Å²) in [5.41, 5.74) is 0.502. The average molecular weight is 299 g/mol. The van der Waals surface area contributed by atoms with Crippen LogP contribution >= 0.6 is 23.4 Å². The lowest BCUT2D eigenvalue weighted by molar-refractivity contribution is 0.102. The lowest BCUT2D eigenvalue weighted by Crippen LogP contribution is -2.02. The first kappa shape index (κ1) is 14.0. The molecule has 0 N–H and O–H groups in total. The molecule has 0 atom stereocenters. The first-order chi connectivity index (χ1) is 9.06. The molecule has 0 saturated heterocycles. The minimum absolute atomic E-state index is 0.114. The Morgan fingerprint density at radius 2 is 1.89 bits per heavy atom. The van der Waals surface area contributed by atoms with E-state index in [9.17, 15) is 13.6 Å². The molecule has 0 radical (unpaired) electrons. The number of benzene rings is 2. The van der Waals surface area contributed by atoms with Crippen molar-refractivity contribution in [2.45, 2.75) is 4.90 Å². The smallest absolute Gasteiger partial charge is 0.173 e. The zero-order valence-electron chi connectivity index (χ0n) is 9.70. The molecule has 0 bridgehead atoms. The van der Waals surface area contributed by atoms with E-state index in [1.165, 1.54) is 6.07 Å². The normalized spacial score (nSPS) is 10.5. The Hall–Kier alpha value is -1.39. The first-order valence-electron chi connectivity index (χ1n) is 5.43. The molecule has 2 aromatic rings. The SMILES string of the molecule is O=C(CSc1ccc(F)c(F)c1)c1cccc(Cl)c1.